The van der Waals surface area contributed by atoms with Crippen molar-refractivity contribution in [3.63, 3.8) is 0 Å². The number of benzene rings is 1. The van der Waals surface area contributed by atoms with Crippen molar-refractivity contribution in [3.8, 4) is 0 Å². The lowest BCUT2D eigenvalue weighted by atomic mass is 10.1. The second kappa shape index (κ2) is 6.84. The van der Waals surface area contributed by atoms with Gasteiger partial charge < -0.3 is 10.6 Å². The third kappa shape index (κ3) is 4.62. The predicted octanol–water partition coefficient (Wildman–Crippen LogP) is 3.72. The average Bonchev–Trinajstić information content (AvgIpc) is 2.30. The van der Waals surface area contributed by atoms with E-state index in [1.807, 2.05) is 31.2 Å². The Morgan fingerprint density at radius 2 is 2.22 bits per heavy atom. The monoisotopic (exact) mass is 246 g/mol. The molecule has 3 heteroatoms. The van der Waals surface area contributed by atoms with Crippen LogP contribution in [0, 0.1) is 6.92 Å². The standard InChI is InChI=1S/C15H22N2O/c1-5-6-7-12(3)16-14-9-8-11(2)15(10-14)17-13(4)18/h5,8-10,12,16H,1,6-7H2,2-4H3,(H,17,18). The first-order valence-corrected chi connectivity index (χ1v) is 6.28. The molecular formula is C15H22N2O. The zero-order valence-corrected chi connectivity index (χ0v) is 11.4. The zero-order valence-electron chi connectivity index (χ0n) is 11.4. The molecule has 98 valence electrons. The van der Waals surface area contributed by atoms with E-state index in [1.165, 1.54) is 6.92 Å². The van der Waals surface area contributed by atoms with Crippen LogP contribution in [0.4, 0.5) is 11.4 Å². The second-order valence-electron chi connectivity index (χ2n) is 4.62. The fraction of sp³-hybridized carbons (Fsp3) is 0.400. The Bertz CT molecular complexity index is 427. The normalized spacial score (nSPS) is 11.7. The lowest BCUT2D eigenvalue weighted by Crippen LogP contribution is -2.15. The molecule has 0 heterocycles. The Kier molecular flexibility index (Phi) is 5.43. The fourth-order valence-electron chi connectivity index (χ4n) is 1.76. The molecule has 0 saturated heterocycles. The molecule has 1 aromatic rings. The molecule has 1 rings (SSSR count). The summed E-state index contributed by atoms with van der Waals surface area (Å²) in [7, 11) is 0. The number of hydrogen-bond acceptors (Lipinski definition) is 2. The zero-order chi connectivity index (χ0) is 13.5. The van der Waals surface area contributed by atoms with Crippen molar-refractivity contribution in [2.24, 2.45) is 0 Å². The number of nitrogens with one attached hydrogen (secondary N) is 2. The Hall–Kier alpha value is -1.77. The van der Waals surface area contributed by atoms with Gasteiger partial charge in [-0.1, -0.05) is 12.1 Å². The van der Waals surface area contributed by atoms with E-state index in [0.717, 1.165) is 29.8 Å². The number of rotatable bonds is 6. The third-order valence-corrected chi connectivity index (χ3v) is 2.77. The highest BCUT2D eigenvalue weighted by Crippen LogP contribution is 2.21. The highest BCUT2D eigenvalue weighted by atomic mass is 16.1. The van der Waals surface area contributed by atoms with Gasteiger partial charge in [0.2, 0.25) is 5.91 Å². The van der Waals surface area contributed by atoms with Crippen molar-refractivity contribution >= 4 is 17.3 Å². The largest absolute Gasteiger partial charge is 0.383 e. The molecule has 0 fully saturated rings. The van der Waals surface area contributed by atoms with Crippen molar-refractivity contribution in [1.82, 2.24) is 0 Å². The van der Waals surface area contributed by atoms with E-state index in [2.05, 4.69) is 24.1 Å². The Labute approximate surface area is 109 Å². The van der Waals surface area contributed by atoms with Gasteiger partial charge in [-0.05, 0) is 44.4 Å². The van der Waals surface area contributed by atoms with Gasteiger partial charge in [-0.2, -0.15) is 0 Å². The molecular weight excluding hydrogens is 224 g/mol. The maximum Gasteiger partial charge on any atom is 0.221 e. The van der Waals surface area contributed by atoms with Crippen LogP contribution < -0.4 is 10.6 Å². The Morgan fingerprint density at radius 1 is 1.50 bits per heavy atom. The molecule has 0 aliphatic heterocycles. The number of carbonyl (C=O) groups excluding carboxylic acids is 1. The van der Waals surface area contributed by atoms with E-state index >= 15 is 0 Å². The molecule has 1 amide bonds. The van der Waals surface area contributed by atoms with Crippen LogP contribution in [0.2, 0.25) is 0 Å². The van der Waals surface area contributed by atoms with E-state index in [0.29, 0.717) is 6.04 Å². The maximum atomic E-state index is 11.1. The molecule has 2 N–H and O–H groups in total. The van der Waals surface area contributed by atoms with E-state index in [1.54, 1.807) is 0 Å². The summed E-state index contributed by atoms with van der Waals surface area (Å²) in [5.41, 5.74) is 2.96. The van der Waals surface area contributed by atoms with Crippen molar-refractivity contribution in [2.45, 2.75) is 39.7 Å². The minimum Gasteiger partial charge on any atom is -0.383 e. The number of anilines is 2. The molecule has 1 atom stereocenters. The Balaban J connectivity index is 2.71. The molecule has 0 saturated carbocycles. The minimum absolute atomic E-state index is 0.0463. The van der Waals surface area contributed by atoms with Gasteiger partial charge in [0, 0.05) is 24.3 Å². The number of amides is 1. The summed E-state index contributed by atoms with van der Waals surface area (Å²) in [4.78, 5) is 11.1. The molecule has 1 aromatic carbocycles. The SMILES string of the molecule is C=CCCC(C)Nc1ccc(C)c(NC(C)=O)c1. The summed E-state index contributed by atoms with van der Waals surface area (Å²) < 4.78 is 0. The number of hydrogen-bond donors (Lipinski definition) is 2. The molecule has 0 bridgehead atoms. The highest BCUT2D eigenvalue weighted by molar-refractivity contribution is 5.90. The van der Waals surface area contributed by atoms with E-state index in [4.69, 9.17) is 0 Å². The van der Waals surface area contributed by atoms with Crippen molar-refractivity contribution in [1.29, 1.82) is 0 Å². The van der Waals surface area contributed by atoms with Gasteiger partial charge in [-0.25, -0.2) is 0 Å². The molecule has 0 radical (unpaired) electrons. The van der Waals surface area contributed by atoms with E-state index in [-0.39, 0.29) is 5.91 Å². The van der Waals surface area contributed by atoms with Gasteiger partial charge >= 0.3 is 0 Å². The first-order valence-electron chi connectivity index (χ1n) is 6.28. The van der Waals surface area contributed by atoms with Crippen LogP contribution in [0.3, 0.4) is 0 Å². The molecule has 1 unspecified atom stereocenters. The average molecular weight is 246 g/mol. The van der Waals surface area contributed by atoms with Crippen molar-refractivity contribution < 1.29 is 4.79 Å². The summed E-state index contributed by atoms with van der Waals surface area (Å²) >= 11 is 0. The topological polar surface area (TPSA) is 41.1 Å². The predicted molar refractivity (Wildman–Crippen MR) is 78.0 cm³/mol. The van der Waals surface area contributed by atoms with Crippen molar-refractivity contribution in [3.05, 3.63) is 36.4 Å². The number of allylic oxidation sites excluding steroid dienone is 1. The summed E-state index contributed by atoms with van der Waals surface area (Å²) in [6.45, 7) is 9.37. The van der Waals surface area contributed by atoms with Gasteiger partial charge in [0.15, 0.2) is 0 Å². The van der Waals surface area contributed by atoms with Crippen LogP contribution in [0.15, 0.2) is 30.9 Å². The smallest absolute Gasteiger partial charge is 0.221 e. The first-order chi connectivity index (χ1) is 8.52. The first kappa shape index (κ1) is 14.3. The lowest BCUT2D eigenvalue weighted by molar-refractivity contribution is -0.114. The van der Waals surface area contributed by atoms with Gasteiger partial charge in [-0.3, -0.25) is 4.79 Å². The maximum absolute atomic E-state index is 11.1. The van der Waals surface area contributed by atoms with Gasteiger partial charge in [0.1, 0.15) is 0 Å². The second-order valence-corrected chi connectivity index (χ2v) is 4.62. The molecule has 0 aromatic heterocycles. The summed E-state index contributed by atoms with van der Waals surface area (Å²) in [6, 6.07) is 6.40. The Morgan fingerprint density at radius 3 is 2.83 bits per heavy atom. The summed E-state index contributed by atoms with van der Waals surface area (Å²) in [5, 5.41) is 6.25. The van der Waals surface area contributed by atoms with E-state index in [9.17, 15) is 4.79 Å². The summed E-state index contributed by atoms with van der Waals surface area (Å²) in [5.74, 6) is -0.0463. The lowest BCUT2D eigenvalue weighted by Gasteiger charge is -2.16. The van der Waals surface area contributed by atoms with Crippen LogP contribution in [-0.4, -0.2) is 11.9 Å². The molecule has 3 nitrogen and oxygen atoms in total. The van der Waals surface area contributed by atoms with Gasteiger partial charge in [0.25, 0.3) is 0 Å². The van der Waals surface area contributed by atoms with Crippen LogP contribution in [0.25, 0.3) is 0 Å². The third-order valence-electron chi connectivity index (χ3n) is 2.77. The van der Waals surface area contributed by atoms with Gasteiger partial charge in [-0.15, -0.1) is 6.58 Å². The fourth-order valence-corrected chi connectivity index (χ4v) is 1.76. The summed E-state index contributed by atoms with van der Waals surface area (Å²) in [6.07, 6.45) is 3.97. The van der Waals surface area contributed by atoms with Crippen LogP contribution in [0.1, 0.15) is 32.3 Å². The molecule has 0 aliphatic carbocycles. The quantitative estimate of drug-likeness (QED) is 0.751. The molecule has 0 spiro atoms. The van der Waals surface area contributed by atoms with Crippen LogP contribution >= 0.6 is 0 Å². The molecule has 0 aliphatic rings. The highest BCUT2D eigenvalue weighted by Gasteiger charge is 2.04. The number of aryl methyl sites for hydroxylation is 1. The minimum atomic E-state index is -0.0463. The molecule has 18 heavy (non-hydrogen) atoms. The van der Waals surface area contributed by atoms with E-state index < -0.39 is 0 Å². The van der Waals surface area contributed by atoms with Crippen LogP contribution in [-0.2, 0) is 4.79 Å². The number of carbonyl (C=O) groups is 1. The van der Waals surface area contributed by atoms with Crippen molar-refractivity contribution in [2.75, 3.05) is 10.6 Å². The van der Waals surface area contributed by atoms with Crippen LogP contribution in [0.5, 0.6) is 0 Å². The van der Waals surface area contributed by atoms with Gasteiger partial charge in [0.05, 0.1) is 0 Å².